The van der Waals surface area contributed by atoms with Crippen LogP contribution in [-0.4, -0.2) is 93.0 Å². The Bertz CT molecular complexity index is 1920. The molecule has 0 radical (unpaired) electrons. The van der Waals surface area contributed by atoms with Crippen LogP contribution >= 0.6 is 11.6 Å². The molecule has 11 nitrogen and oxygen atoms in total. The quantitative estimate of drug-likeness (QED) is 0.311. The van der Waals surface area contributed by atoms with Crippen LogP contribution < -0.4 is 19.3 Å². The number of amides is 1. The Hall–Kier alpha value is -3.71. The molecule has 7 rings (SSSR count). The number of piperazine rings is 1. The molecule has 1 aliphatic carbocycles. The van der Waals surface area contributed by atoms with Gasteiger partial charge in [0, 0.05) is 63.5 Å². The fourth-order valence-electron chi connectivity index (χ4n) is 8.60. The molecule has 1 saturated heterocycles. The average Bonchev–Trinajstić information content (AvgIpc) is 3.19. The van der Waals surface area contributed by atoms with Crippen molar-refractivity contribution in [1.82, 2.24) is 19.6 Å². The zero-order valence-corrected chi connectivity index (χ0v) is 33.2. The maximum absolute atomic E-state index is 13.6. The van der Waals surface area contributed by atoms with E-state index in [0.29, 0.717) is 29.7 Å². The summed E-state index contributed by atoms with van der Waals surface area (Å²) in [6.07, 6.45) is 15.1. The molecule has 0 spiro atoms. The molecule has 1 amide bonds. The van der Waals surface area contributed by atoms with Gasteiger partial charge in [0.2, 0.25) is 10.0 Å². The lowest BCUT2D eigenvalue weighted by Crippen LogP contribution is -2.58. The van der Waals surface area contributed by atoms with Gasteiger partial charge in [0.25, 0.3) is 5.91 Å². The molecule has 290 valence electrons. The van der Waals surface area contributed by atoms with Crippen LogP contribution in [0.3, 0.4) is 0 Å². The molecule has 54 heavy (non-hydrogen) atoms. The van der Waals surface area contributed by atoms with Crippen LogP contribution in [0.25, 0.3) is 0 Å². The molecule has 2 bridgehead atoms. The van der Waals surface area contributed by atoms with Gasteiger partial charge < -0.3 is 19.3 Å². The van der Waals surface area contributed by atoms with Gasteiger partial charge in [-0.3, -0.25) is 9.69 Å². The lowest BCUT2D eigenvalue weighted by atomic mass is 9.63. The lowest BCUT2D eigenvalue weighted by molar-refractivity contribution is -0.0919. The van der Waals surface area contributed by atoms with Gasteiger partial charge >= 0.3 is 0 Å². The van der Waals surface area contributed by atoms with Crippen molar-refractivity contribution >= 4 is 38.9 Å². The lowest BCUT2D eigenvalue weighted by Gasteiger charge is -2.52. The third-order valence-corrected chi connectivity index (χ3v) is 14.5. The molecular weight excluding hydrogens is 724 g/mol. The number of carbonyl (C=O) groups excluding carboxylic acids is 1. The van der Waals surface area contributed by atoms with E-state index in [4.69, 9.17) is 21.1 Å². The second-order valence-electron chi connectivity index (χ2n) is 15.5. The summed E-state index contributed by atoms with van der Waals surface area (Å²) in [5, 5.41) is -0.0838. The van der Waals surface area contributed by atoms with Crippen molar-refractivity contribution in [2.45, 2.75) is 69.8 Å². The zero-order chi connectivity index (χ0) is 37.9. The van der Waals surface area contributed by atoms with Crippen molar-refractivity contribution in [3.63, 3.8) is 0 Å². The number of rotatable bonds is 4. The Morgan fingerprint density at radius 3 is 2.52 bits per heavy atom. The summed E-state index contributed by atoms with van der Waals surface area (Å²) in [6, 6.07) is 11.2. The first-order chi connectivity index (χ1) is 26.0. The van der Waals surface area contributed by atoms with Crippen LogP contribution in [0.2, 0.25) is 5.02 Å². The second-order valence-corrected chi connectivity index (χ2v) is 18.0. The van der Waals surface area contributed by atoms with Crippen molar-refractivity contribution in [3.8, 4) is 5.75 Å². The molecule has 1 N–H and O–H groups in total. The van der Waals surface area contributed by atoms with Crippen molar-refractivity contribution < 1.29 is 22.7 Å². The number of methoxy groups -OCH3 is 1. The summed E-state index contributed by atoms with van der Waals surface area (Å²) in [7, 11) is -2.14. The third-order valence-electron chi connectivity index (χ3n) is 12.3. The standard InChI is InChI=1S/C41H53ClN6O5S/c1-29-7-6-15-41(52-3,27-46-17-19-47(20-18-46)36-23-43-28-44-24-36)37-13-10-33(37)25-48-16-5-4-8-31-21-35(42)12-9-34(31)26-53-39-14-11-32(22-38(39)48)40(49)45-54(50,51)30(29)2/h6,9,11-12,14-15,21-24,28-30,33,37H,4-5,7-8,10,13,16-20,25-27H2,1-3H3,(H,45,49)/b15-6+/t29-,30+,33-,37+,41+/m0/s1. The van der Waals surface area contributed by atoms with E-state index in [1.807, 2.05) is 56.8 Å². The number of nitrogens with zero attached hydrogens (tertiary/aromatic N) is 5. The van der Waals surface area contributed by atoms with Crippen LogP contribution in [0, 0.1) is 17.8 Å². The van der Waals surface area contributed by atoms with Crippen LogP contribution in [0.15, 0.2) is 67.3 Å². The van der Waals surface area contributed by atoms with E-state index in [1.54, 1.807) is 19.3 Å². The Labute approximate surface area is 325 Å². The normalized spacial score (nSPS) is 28.6. The topological polar surface area (TPSA) is 117 Å². The molecule has 2 aromatic carbocycles. The van der Waals surface area contributed by atoms with E-state index < -0.39 is 26.8 Å². The van der Waals surface area contributed by atoms with Crippen LogP contribution in [0.1, 0.15) is 67.4 Å². The number of hydrogen-bond acceptors (Lipinski definition) is 10. The number of halogens is 1. The van der Waals surface area contributed by atoms with E-state index in [9.17, 15) is 13.2 Å². The molecule has 2 fully saturated rings. The van der Waals surface area contributed by atoms with E-state index >= 15 is 0 Å². The number of aryl methyl sites for hydroxylation is 1. The van der Waals surface area contributed by atoms with Gasteiger partial charge in [-0.2, -0.15) is 0 Å². The van der Waals surface area contributed by atoms with Crippen molar-refractivity contribution in [3.05, 3.63) is 89.0 Å². The number of anilines is 2. The van der Waals surface area contributed by atoms with Gasteiger partial charge in [0.15, 0.2) is 0 Å². The highest BCUT2D eigenvalue weighted by Crippen LogP contribution is 2.47. The smallest absolute Gasteiger partial charge is 0.264 e. The highest BCUT2D eigenvalue weighted by Gasteiger charge is 2.48. The Balaban J connectivity index is 1.22. The highest BCUT2D eigenvalue weighted by molar-refractivity contribution is 7.90. The number of allylic oxidation sites excluding steroid dienone is 1. The first-order valence-electron chi connectivity index (χ1n) is 19.4. The number of carbonyl (C=O) groups is 1. The van der Waals surface area contributed by atoms with Crippen molar-refractivity contribution in [2.24, 2.45) is 17.8 Å². The highest BCUT2D eigenvalue weighted by atomic mass is 35.5. The number of ether oxygens (including phenoxy) is 2. The Kier molecular flexibility index (Phi) is 11.8. The number of benzene rings is 2. The fourth-order valence-corrected chi connectivity index (χ4v) is 10.1. The number of nitrogens with one attached hydrogen (secondary N) is 1. The molecule has 4 aliphatic rings. The van der Waals surface area contributed by atoms with Gasteiger partial charge in [0.05, 0.1) is 29.0 Å². The minimum Gasteiger partial charge on any atom is -0.487 e. The molecule has 0 unspecified atom stereocenters. The maximum atomic E-state index is 13.6. The zero-order valence-electron chi connectivity index (χ0n) is 31.6. The van der Waals surface area contributed by atoms with Crippen molar-refractivity contribution in [2.75, 3.05) is 62.7 Å². The third kappa shape index (κ3) is 8.41. The Morgan fingerprint density at radius 1 is 0.981 bits per heavy atom. The molecule has 3 aromatic rings. The molecular formula is C41H53ClN6O5S. The van der Waals surface area contributed by atoms with E-state index in [1.165, 1.54) is 5.56 Å². The summed E-state index contributed by atoms with van der Waals surface area (Å²) in [6.45, 7) is 9.71. The van der Waals surface area contributed by atoms with Crippen LogP contribution in [0.4, 0.5) is 11.4 Å². The first-order valence-corrected chi connectivity index (χ1v) is 21.3. The predicted molar refractivity (Wildman–Crippen MR) is 213 cm³/mol. The molecule has 13 heteroatoms. The second kappa shape index (κ2) is 16.6. The molecule has 5 atom stereocenters. The summed E-state index contributed by atoms with van der Waals surface area (Å²) in [5.41, 5.74) is 3.82. The number of sulfonamides is 1. The summed E-state index contributed by atoms with van der Waals surface area (Å²) >= 11 is 6.41. The monoisotopic (exact) mass is 776 g/mol. The molecule has 4 heterocycles. The Morgan fingerprint density at radius 2 is 1.78 bits per heavy atom. The molecule has 1 aromatic heterocycles. The van der Waals surface area contributed by atoms with Crippen LogP contribution in [0.5, 0.6) is 5.75 Å². The fraction of sp³-hybridized carbons (Fsp3) is 0.537. The van der Waals surface area contributed by atoms with Gasteiger partial charge in [-0.1, -0.05) is 36.7 Å². The van der Waals surface area contributed by atoms with Gasteiger partial charge in [-0.15, -0.1) is 0 Å². The van der Waals surface area contributed by atoms with Gasteiger partial charge in [-0.25, -0.2) is 23.1 Å². The number of hydrogen-bond donors (Lipinski definition) is 1. The summed E-state index contributed by atoms with van der Waals surface area (Å²) in [4.78, 5) is 29.3. The largest absolute Gasteiger partial charge is 0.487 e. The minimum atomic E-state index is -3.97. The maximum Gasteiger partial charge on any atom is 0.264 e. The van der Waals surface area contributed by atoms with Gasteiger partial charge in [-0.05, 0) is 105 Å². The van der Waals surface area contributed by atoms with E-state index in [0.717, 1.165) is 94.9 Å². The van der Waals surface area contributed by atoms with E-state index in [-0.39, 0.29) is 17.4 Å². The van der Waals surface area contributed by atoms with Gasteiger partial charge in [0.1, 0.15) is 24.3 Å². The summed E-state index contributed by atoms with van der Waals surface area (Å²) < 4.78 is 42.8. The SMILES string of the molecule is CO[C@@]1(CN2CCN(c3cncnc3)CC2)/C=C/C[C@H](C)[C@@H](C)S(=O)(=O)NC(=O)c2ccc3c(c2)N(CCCCc2cc(Cl)ccc2CO3)C[C@@H]2CC[C@H]21. The van der Waals surface area contributed by atoms with E-state index in [2.05, 4.69) is 41.5 Å². The number of aromatic nitrogens is 2. The predicted octanol–water partition coefficient (Wildman–Crippen LogP) is 6.13. The first kappa shape index (κ1) is 38.6. The molecule has 3 aliphatic heterocycles. The number of fused-ring (bicyclic) bond motifs is 3. The minimum absolute atomic E-state index is 0.239. The summed E-state index contributed by atoms with van der Waals surface area (Å²) in [5.74, 6) is 0.360. The van der Waals surface area contributed by atoms with Crippen molar-refractivity contribution in [1.29, 1.82) is 0 Å². The molecule has 1 saturated carbocycles. The average molecular weight is 777 g/mol. The van der Waals surface area contributed by atoms with Crippen LogP contribution in [-0.2, 0) is 27.8 Å².